The van der Waals surface area contributed by atoms with Gasteiger partial charge in [0.05, 0.1) is 51.0 Å². The van der Waals surface area contributed by atoms with Crippen LogP contribution < -0.4 is 0 Å². The van der Waals surface area contributed by atoms with Crippen molar-refractivity contribution in [2.75, 3.05) is 33.0 Å². The summed E-state index contributed by atoms with van der Waals surface area (Å²) in [6, 6.07) is 0. The van der Waals surface area contributed by atoms with E-state index in [1.807, 2.05) is 6.92 Å². The molecule has 24 heteroatoms. The maximum absolute atomic E-state index is 11.9. The Balaban J connectivity index is 0.799. The second-order valence-electron chi connectivity index (χ2n) is 23.8. The Labute approximate surface area is 435 Å². The van der Waals surface area contributed by atoms with E-state index in [-0.39, 0.29) is 41.3 Å². The van der Waals surface area contributed by atoms with Gasteiger partial charge < -0.3 is 119 Å². The van der Waals surface area contributed by atoms with Gasteiger partial charge in [-0.15, -0.1) is 0 Å². The van der Waals surface area contributed by atoms with Crippen LogP contribution >= 0.6 is 0 Å². The number of aliphatic hydroxyl groups is 15. The highest BCUT2D eigenvalue weighted by Gasteiger charge is 2.66. The van der Waals surface area contributed by atoms with Gasteiger partial charge in [0.2, 0.25) is 0 Å². The summed E-state index contributed by atoms with van der Waals surface area (Å²) in [5.74, 6) is 2.69. The van der Waals surface area contributed by atoms with E-state index in [9.17, 15) is 76.6 Å². The van der Waals surface area contributed by atoms with Gasteiger partial charge in [0.1, 0.15) is 104 Å². The molecule has 31 atom stereocenters. The molecule has 0 bridgehead atoms. The molecule has 0 radical (unpaired) electrons. The van der Waals surface area contributed by atoms with E-state index in [1.54, 1.807) is 0 Å². The lowest BCUT2D eigenvalue weighted by atomic mass is 9.44. The first-order valence-corrected chi connectivity index (χ1v) is 27.1. The second-order valence-corrected chi connectivity index (χ2v) is 23.8. The molecule has 15 N–H and O–H groups in total. The molecule has 4 saturated carbocycles. The first kappa shape index (κ1) is 58.3. The lowest BCUT2D eigenvalue weighted by Gasteiger charge is -2.61. The first-order valence-electron chi connectivity index (χ1n) is 27.1. The zero-order valence-electron chi connectivity index (χ0n) is 43.0. The van der Waals surface area contributed by atoms with Crippen LogP contribution in [0.2, 0.25) is 0 Å². The number of aliphatic hydroxyl groups excluding tert-OH is 15. The Morgan fingerprint density at radius 1 is 0.560 bits per heavy atom. The zero-order valence-corrected chi connectivity index (χ0v) is 43.0. The van der Waals surface area contributed by atoms with Crippen molar-refractivity contribution < 1.29 is 119 Å². The quantitative estimate of drug-likeness (QED) is 0.0655. The van der Waals surface area contributed by atoms with Gasteiger partial charge in [-0.2, -0.15) is 0 Å². The average molecular weight is 1080 g/mol. The monoisotopic (exact) mass is 1080 g/mol. The molecule has 5 aliphatic heterocycles. The molecule has 0 aromatic carbocycles. The fraction of sp³-hybridized carbons (Fsp3) is 0.961. The number of hydrogen-bond donors (Lipinski definition) is 15. The highest BCUT2D eigenvalue weighted by atomic mass is 16.8. The Kier molecular flexibility index (Phi) is 18.1. The molecule has 4 saturated heterocycles. The molecule has 0 spiro atoms. The van der Waals surface area contributed by atoms with Crippen molar-refractivity contribution in [1.82, 2.24) is 0 Å². The third-order valence-electron chi connectivity index (χ3n) is 19.5. The number of ether oxygens (including phenoxy) is 9. The summed E-state index contributed by atoms with van der Waals surface area (Å²) in [4.78, 5) is 0. The number of hydrogen-bond acceptors (Lipinski definition) is 24. The van der Waals surface area contributed by atoms with Crippen LogP contribution in [0.4, 0.5) is 0 Å². The van der Waals surface area contributed by atoms with Crippen LogP contribution in [0.5, 0.6) is 0 Å². The summed E-state index contributed by atoms with van der Waals surface area (Å²) in [6.07, 6.45) is -26.9. The van der Waals surface area contributed by atoms with E-state index in [1.165, 1.54) is 5.57 Å². The minimum Gasteiger partial charge on any atom is -0.494 e. The van der Waals surface area contributed by atoms with Gasteiger partial charge in [-0.3, -0.25) is 0 Å². The van der Waals surface area contributed by atoms with E-state index in [0.29, 0.717) is 37.0 Å². The highest BCUT2D eigenvalue weighted by Crippen LogP contribution is 2.70. The molecule has 75 heavy (non-hydrogen) atoms. The second kappa shape index (κ2) is 23.2. The molecule has 0 aromatic heterocycles. The van der Waals surface area contributed by atoms with E-state index >= 15 is 0 Å². The van der Waals surface area contributed by atoms with Crippen molar-refractivity contribution in [2.24, 2.45) is 46.3 Å². The highest BCUT2D eigenvalue weighted by molar-refractivity contribution is 5.27. The summed E-state index contributed by atoms with van der Waals surface area (Å²) in [5, 5.41) is 159. The molecule has 9 rings (SSSR count). The molecule has 8 fully saturated rings. The largest absolute Gasteiger partial charge is 0.494 e. The lowest BCUT2D eigenvalue weighted by molar-refractivity contribution is -0.391. The molecule has 24 nitrogen and oxygen atoms in total. The van der Waals surface area contributed by atoms with Crippen LogP contribution in [0.25, 0.3) is 0 Å². The third-order valence-corrected chi connectivity index (χ3v) is 19.5. The fourth-order valence-electron chi connectivity index (χ4n) is 15.2. The predicted octanol–water partition coefficient (Wildman–Crippen LogP) is -4.03. The molecule has 0 unspecified atom stereocenters. The van der Waals surface area contributed by atoms with Crippen molar-refractivity contribution in [3.05, 3.63) is 11.3 Å². The molecular weight excluding hydrogens is 997 g/mol. The SMILES string of the molecule is CC1=C(CC[C@@H](C)CO[C@@H]2O[C@H](CO)[C@@H](O)[C@H](O)[C@H]2O)O[C@H]2C[C@H]3[C@@H]4CC[C@H]5C[C@@H](O[C@@H]6O[C@H](CO)[C@H](O[C@@H]7O[C@H](CO)[C@@H](O)[C@H](O)[C@H]7O[C@@H]7O[C@H](CO)[C@@H](O)[C@H](O)[C@H]7O)[C@H](O)[C@H]6O)[C@H](O)C[C@]5(C)[C@H]4CC[C@]3(C)[C@@H]12. The fourth-order valence-corrected chi connectivity index (χ4v) is 15.2. The Morgan fingerprint density at radius 3 is 1.73 bits per heavy atom. The molecule has 0 amide bonds. The molecule has 0 aromatic rings. The van der Waals surface area contributed by atoms with E-state index in [4.69, 9.17) is 42.6 Å². The van der Waals surface area contributed by atoms with Crippen molar-refractivity contribution in [3.63, 3.8) is 0 Å². The van der Waals surface area contributed by atoms with E-state index in [0.717, 1.165) is 44.3 Å². The third kappa shape index (κ3) is 10.6. The van der Waals surface area contributed by atoms with Crippen LogP contribution in [-0.2, 0) is 42.6 Å². The Hall–Kier alpha value is -1.38. The van der Waals surface area contributed by atoms with Crippen LogP contribution in [0.15, 0.2) is 11.3 Å². The van der Waals surface area contributed by atoms with Gasteiger partial charge in [-0.05, 0) is 104 Å². The first-order chi connectivity index (χ1) is 35.6. The molecule has 4 aliphatic carbocycles. The molecule has 5 heterocycles. The van der Waals surface area contributed by atoms with Gasteiger partial charge in [-0.25, -0.2) is 0 Å². The van der Waals surface area contributed by atoms with Crippen LogP contribution in [-0.4, -0.2) is 251 Å². The maximum Gasteiger partial charge on any atom is 0.187 e. The lowest BCUT2D eigenvalue weighted by Crippen LogP contribution is -2.67. The summed E-state index contributed by atoms with van der Waals surface area (Å²) in [7, 11) is 0. The summed E-state index contributed by atoms with van der Waals surface area (Å²) >= 11 is 0. The molecule has 432 valence electrons. The minimum atomic E-state index is -1.93. The molecular formula is C51H84O24. The smallest absolute Gasteiger partial charge is 0.187 e. The van der Waals surface area contributed by atoms with Crippen LogP contribution in [0.1, 0.15) is 85.5 Å². The summed E-state index contributed by atoms with van der Waals surface area (Å²) in [6.45, 7) is 6.23. The summed E-state index contributed by atoms with van der Waals surface area (Å²) in [5.41, 5.74) is 1.10. The van der Waals surface area contributed by atoms with Gasteiger partial charge in [0.15, 0.2) is 25.2 Å². The van der Waals surface area contributed by atoms with E-state index < -0.39 is 161 Å². The number of fused-ring (bicyclic) bond motifs is 7. The Bertz CT molecular complexity index is 1930. The van der Waals surface area contributed by atoms with Crippen LogP contribution in [0.3, 0.4) is 0 Å². The molecule has 9 aliphatic rings. The topological polar surface area (TPSA) is 387 Å². The number of allylic oxidation sites excluding steroid dienone is 1. The van der Waals surface area contributed by atoms with Gasteiger partial charge in [0.25, 0.3) is 0 Å². The minimum absolute atomic E-state index is 0.0285. The number of rotatable bonds is 16. The van der Waals surface area contributed by atoms with Crippen molar-refractivity contribution >= 4 is 0 Å². The maximum atomic E-state index is 11.9. The van der Waals surface area contributed by atoms with Crippen LogP contribution in [0, 0.1) is 46.3 Å². The van der Waals surface area contributed by atoms with Crippen molar-refractivity contribution in [1.29, 1.82) is 0 Å². The normalized spacial score (nSPS) is 53.4. The average Bonchev–Trinajstić information content (AvgIpc) is 3.92. The Morgan fingerprint density at radius 2 is 1.09 bits per heavy atom. The van der Waals surface area contributed by atoms with Gasteiger partial charge >= 0.3 is 0 Å². The standard InChI is InChI=1S/C51H84O24/c1-19(18-67-46-41(64)37(60)34(57)29(14-52)70-46)5-8-26-20(2)33-28(68-26)12-24-22-7-6-21-11-27(25(56)13-51(21,4)23(22)9-10-50(24,33)3)69-47-43(66)40(63)44(32(17-55)73-47)74-49-45(39(62)36(59)31(16-54)72-49)75-48-42(65)38(61)35(58)30(15-53)71-48/h19,21-25,27-49,52-66H,5-18H2,1-4H3/t19-,21+,22-,23+,24+,25-,27-,28+,29-,30-,31-,32-,33+,34-,35-,36-,37+,38+,39+,40-,41-,42-,43-,44+,45-,46-,47-,48+,49+,50+,51+/m1/s1. The van der Waals surface area contributed by atoms with E-state index in [2.05, 4.69) is 20.8 Å². The summed E-state index contributed by atoms with van der Waals surface area (Å²) < 4.78 is 53.4. The van der Waals surface area contributed by atoms with Crippen molar-refractivity contribution in [2.45, 2.75) is 227 Å². The predicted molar refractivity (Wildman–Crippen MR) is 252 cm³/mol. The van der Waals surface area contributed by atoms with Crippen molar-refractivity contribution in [3.8, 4) is 0 Å². The zero-order chi connectivity index (χ0) is 54.2. The van der Waals surface area contributed by atoms with Gasteiger partial charge in [-0.1, -0.05) is 20.8 Å². The van der Waals surface area contributed by atoms with Gasteiger partial charge in [0, 0.05) is 12.3 Å².